The summed E-state index contributed by atoms with van der Waals surface area (Å²) >= 11 is 0. The van der Waals surface area contributed by atoms with Crippen LogP contribution in [0.4, 0.5) is 0 Å². The standard InChI is InChI=1S/C13H10N2O2/c1-16-10-4-2-9(3-5-10)13-15-11-6-7-14-8-12(11)17-13/h2-8H,1H3. The molecular weight excluding hydrogens is 216 g/mol. The lowest BCUT2D eigenvalue weighted by molar-refractivity contribution is 0.415. The van der Waals surface area contributed by atoms with Crippen molar-refractivity contribution in [3.63, 3.8) is 0 Å². The van der Waals surface area contributed by atoms with Gasteiger partial charge < -0.3 is 9.15 Å². The van der Waals surface area contributed by atoms with Crippen LogP contribution in [-0.2, 0) is 0 Å². The molecule has 3 aromatic rings. The Morgan fingerprint density at radius 2 is 1.94 bits per heavy atom. The van der Waals surface area contributed by atoms with Crippen molar-refractivity contribution in [2.45, 2.75) is 0 Å². The first-order valence-electron chi connectivity index (χ1n) is 5.22. The molecule has 0 radical (unpaired) electrons. The summed E-state index contributed by atoms with van der Waals surface area (Å²) < 4.78 is 10.7. The number of methoxy groups -OCH3 is 1. The molecule has 2 aromatic heterocycles. The van der Waals surface area contributed by atoms with Gasteiger partial charge in [0.05, 0.1) is 13.3 Å². The predicted octanol–water partition coefficient (Wildman–Crippen LogP) is 2.90. The zero-order chi connectivity index (χ0) is 11.7. The second-order valence-corrected chi connectivity index (χ2v) is 3.59. The minimum absolute atomic E-state index is 0.593. The van der Waals surface area contributed by atoms with Gasteiger partial charge in [0, 0.05) is 11.8 Å². The third kappa shape index (κ3) is 1.73. The summed E-state index contributed by atoms with van der Waals surface area (Å²) in [5.41, 5.74) is 2.42. The lowest BCUT2D eigenvalue weighted by Crippen LogP contribution is -1.82. The van der Waals surface area contributed by atoms with Gasteiger partial charge in [0.15, 0.2) is 5.58 Å². The minimum atomic E-state index is 0.593. The molecule has 4 heteroatoms. The summed E-state index contributed by atoms with van der Waals surface area (Å²) in [5, 5.41) is 0. The number of pyridine rings is 1. The van der Waals surface area contributed by atoms with Gasteiger partial charge in [0.25, 0.3) is 0 Å². The van der Waals surface area contributed by atoms with Crippen molar-refractivity contribution >= 4 is 11.1 Å². The van der Waals surface area contributed by atoms with Gasteiger partial charge in [0.1, 0.15) is 11.3 Å². The topological polar surface area (TPSA) is 48.2 Å². The van der Waals surface area contributed by atoms with E-state index in [2.05, 4.69) is 9.97 Å². The number of aromatic nitrogens is 2. The molecule has 2 heterocycles. The van der Waals surface area contributed by atoms with Crippen LogP contribution in [0.15, 0.2) is 47.1 Å². The van der Waals surface area contributed by atoms with Crippen LogP contribution < -0.4 is 4.74 Å². The van der Waals surface area contributed by atoms with E-state index in [4.69, 9.17) is 9.15 Å². The van der Waals surface area contributed by atoms with E-state index in [9.17, 15) is 0 Å². The van der Waals surface area contributed by atoms with Crippen molar-refractivity contribution in [3.05, 3.63) is 42.7 Å². The Morgan fingerprint density at radius 3 is 2.65 bits per heavy atom. The summed E-state index contributed by atoms with van der Waals surface area (Å²) in [5.74, 6) is 1.40. The number of fused-ring (bicyclic) bond motifs is 1. The molecule has 0 aliphatic carbocycles. The second kappa shape index (κ2) is 3.90. The maximum atomic E-state index is 5.61. The van der Waals surface area contributed by atoms with Crippen molar-refractivity contribution in [1.29, 1.82) is 0 Å². The first-order valence-corrected chi connectivity index (χ1v) is 5.22. The van der Waals surface area contributed by atoms with Crippen LogP contribution >= 0.6 is 0 Å². The molecule has 4 nitrogen and oxygen atoms in total. The lowest BCUT2D eigenvalue weighted by atomic mass is 10.2. The van der Waals surface area contributed by atoms with Crippen molar-refractivity contribution in [1.82, 2.24) is 9.97 Å². The van der Waals surface area contributed by atoms with Gasteiger partial charge in [-0.1, -0.05) is 0 Å². The van der Waals surface area contributed by atoms with Gasteiger partial charge in [-0.2, -0.15) is 0 Å². The molecule has 0 bridgehead atoms. The highest BCUT2D eigenvalue weighted by Gasteiger charge is 2.07. The van der Waals surface area contributed by atoms with Gasteiger partial charge >= 0.3 is 0 Å². The lowest BCUT2D eigenvalue weighted by Gasteiger charge is -1.99. The van der Waals surface area contributed by atoms with E-state index in [-0.39, 0.29) is 0 Å². The summed E-state index contributed by atoms with van der Waals surface area (Å²) in [6.45, 7) is 0. The van der Waals surface area contributed by atoms with Gasteiger partial charge in [-0.25, -0.2) is 4.98 Å². The molecule has 0 N–H and O–H groups in total. The molecule has 3 rings (SSSR count). The van der Waals surface area contributed by atoms with Crippen LogP contribution in [-0.4, -0.2) is 17.1 Å². The highest BCUT2D eigenvalue weighted by molar-refractivity contribution is 5.74. The van der Waals surface area contributed by atoms with Crippen LogP contribution in [0.2, 0.25) is 0 Å². The Labute approximate surface area is 97.9 Å². The van der Waals surface area contributed by atoms with Crippen molar-refractivity contribution in [3.8, 4) is 17.2 Å². The third-order valence-electron chi connectivity index (χ3n) is 2.53. The fourth-order valence-corrected chi connectivity index (χ4v) is 1.64. The number of hydrogen-bond donors (Lipinski definition) is 0. The summed E-state index contributed by atoms with van der Waals surface area (Å²) in [6.07, 6.45) is 3.36. The maximum absolute atomic E-state index is 5.61. The SMILES string of the molecule is COc1ccc(-c2nc3ccncc3o2)cc1. The third-order valence-corrected chi connectivity index (χ3v) is 2.53. The van der Waals surface area contributed by atoms with E-state index in [0.29, 0.717) is 11.5 Å². The number of hydrogen-bond acceptors (Lipinski definition) is 4. The van der Waals surface area contributed by atoms with Crippen molar-refractivity contribution in [2.24, 2.45) is 0 Å². The molecule has 0 fully saturated rings. The van der Waals surface area contributed by atoms with E-state index in [1.165, 1.54) is 0 Å². The monoisotopic (exact) mass is 226 g/mol. The molecule has 0 saturated carbocycles. The second-order valence-electron chi connectivity index (χ2n) is 3.59. The highest BCUT2D eigenvalue weighted by atomic mass is 16.5. The molecule has 0 spiro atoms. The Kier molecular flexibility index (Phi) is 2.26. The molecule has 1 aromatic carbocycles. The minimum Gasteiger partial charge on any atom is -0.497 e. The first kappa shape index (κ1) is 9.84. The molecule has 0 saturated heterocycles. The average molecular weight is 226 g/mol. The first-order chi connectivity index (χ1) is 8.36. The Balaban J connectivity index is 2.07. The normalized spacial score (nSPS) is 10.6. The van der Waals surface area contributed by atoms with Crippen LogP contribution in [0.5, 0.6) is 5.75 Å². The molecule has 0 amide bonds. The Hall–Kier alpha value is -2.36. The molecule has 0 atom stereocenters. The number of nitrogens with zero attached hydrogens (tertiary/aromatic N) is 2. The van der Waals surface area contributed by atoms with Gasteiger partial charge in [-0.3, -0.25) is 4.98 Å². The molecular formula is C13H10N2O2. The van der Waals surface area contributed by atoms with Gasteiger partial charge in [0.2, 0.25) is 5.89 Å². The molecule has 84 valence electrons. The number of oxazole rings is 1. The van der Waals surface area contributed by atoms with E-state index in [0.717, 1.165) is 16.8 Å². The summed E-state index contributed by atoms with van der Waals surface area (Å²) in [4.78, 5) is 8.38. The van der Waals surface area contributed by atoms with Crippen LogP contribution in [0.1, 0.15) is 0 Å². The number of rotatable bonds is 2. The summed E-state index contributed by atoms with van der Waals surface area (Å²) in [7, 11) is 1.64. The van der Waals surface area contributed by atoms with Crippen molar-refractivity contribution < 1.29 is 9.15 Å². The highest BCUT2D eigenvalue weighted by Crippen LogP contribution is 2.25. The molecule has 0 aliphatic heterocycles. The predicted molar refractivity (Wildman–Crippen MR) is 63.8 cm³/mol. The molecule has 0 unspecified atom stereocenters. The van der Waals surface area contributed by atoms with E-state index < -0.39 is 0 Å². The molecule has 0 aliphatic rings. The van der Waals surface area contributed by atoms with Crippen molar-refractivity contribution in [2.75, 3.05) is 7.11 Å². The van der Waals surface area contributed by atoms with Crippen LogP contribution in [0, 0.1) is 0 Å². The average Bonchev–Trinajstić information content (AvgIpc) is 2.82. The fourth-order valence-electron chi connectivity index (χ4n) is 1.64. The fraction of sp³-hybridized carbons (Fsp3) is 0.0769. The van der Waals surface area contributed by atoms with Crippen LogP contribution in [0.3, 0.4) is 0 Å². The molecule has 17 heavy (non-hydrogen) atoms. The largest absolute Gasteiger partial charge is 0.497 e. The van der Waals surface area contributed by atoms with Crippen LogP contribution in [0.25, 0.3) is 22.6 Å². The quantitative estimate of drug-likeness (QED) is 0.674. The number of ether oxygens (including phenoxy) is 1. The van der Waals surface area contributed by atoms with Gasteiger partial charge in [-0.05, 0) is 30.3 Å². The Bertz CT molecular complexity index is 611. The maximum Gasteiger partial charge on any atom is 0.227 e. The number of benzene rings is 1. The Morgan fingerprint density at radius 1 is 1.12 bits per heavy atom. The van der Waals surface area contributed by atoms with Gasteiger partial charge in [-0.15, -0.1) is 0 Å². The zero-order valence-corrected chi connectivity index (χ0v) is 9.25. The van der Waals surface area contributed by atoms with E-state index in [1.807, 2.05) is 30.3 Å². The van der Waals surface area contributed by atoms with E-state index >= 15 is 0 Å². The zero-order valence-electron chi connectivity index (χ0n) is 9.25. The van der Waals surface area contributed by atoms with E-state index in [1.54, 1.807) is 19.5 Å². The summed E-state index contributed by atoms with van der Waals surface area (Å²) in [6, 6.07) is 9.41. The smallest absolute Gasteiger partial charge is 0.227 e.